The van der Waals surface area contributed by atoms with E-state index in [4.69, 9.17) is 4.42 Å². The van der Waals surface area contributed by atoms with E-state index in [-0.39, 0.29) is 0 Å². The predicted octanol–water partition coefficient (Wildman–Crippen LogP) is 16.3. The highest BCUT2D eigenvalue weighted by Crippen LogP contribution is 2.45. The fourth-order valence-electron chi connectivity index (χ4n) is 9.36. The van der Waals surface area contributed by atoms with E-state index < -0.39 is 0 Å². The molecule has 0 aliphatic carbocycles. The lowest BCUT2D eigenvalue weighted by molar-refractivity contribution is 0.670. The van der Waals surface area contributed by atoms with E-state index in [1.165, 1.54) is 32.6 Å². The Balaban J connectivity index is 0.997. The minimum atomic E-state index is 0.907. The minimum Gasteiger partial charge on any atom is -0.455 e. The molecule has 0 aliphatic rings. The third-order valence-electron chi connectivity index (χ3n) is 12.2. The zero-order valence-corrected chi connectivity index (χ0v) is 33.2. The van der Waals surface area contributed by atoms with Crippen molar-refractivity contribution in [3.8, 4) is 39.1 Å². The van der Waals surface area contributed by atoms with Crippen LogP contribution in [0.25, 0.3) is 93.6 Å². The molecule has 61 heavy (non-hydrogen) atoms. The lowest BCUT2D eigenvalue weighted by Gasteiger charge is -2.29. The van der Waals surface area contributed by atoms with Gasteiger partial charge in [0.2, 0.25) is 0 Å². The molecule has 0 spiro atoms. The van der Waals surface area contributed by atoms with Crippen LogP contribution < -0.4 is 4.90 Å². The number of anilines is 3. The number of aromatic nitrogens is 1. The first-order valence-corrected chi connectivity index (χ1v) is 20.8. The van der Waals surface area contributed by atoms with E-state index in [2.05, 4.69) is 228 Å². The molecule has 12 rings (SSSR count). The van der Waals surface area contributed by atoms with Gasteiger partial charge in [0.1, 0.15) is 11.2 Å². The molecule has 0 N–H and O–H groups in total. The smallest absolute Gasteiger partial charge is 0.143 e. The molecule has 0 saturated carbocycles. The molecule has 0 aliphatic heterocycles. The van der Waals surface area contributed by atoms with Gasteiger partial charge in [-0.3, -0.25) is 0 Å². The number of hydrogen-bond acceptors (Lipinski definition) is 2. The van der Waals surface area contributed by atoms with Gasteiger partial charge in [0.15, 0.2) is 0 Å². The van der Waals surface area contributed by atoms with Crippen LogP contribution in [0.4, 0.5) is 17.1 Å². The Morgan fingerprint density at radius 3 is 1.75 bits per heavy atom. The Bertz CT molecular complexity index is 3560. The molecular weight excluding hydrogens is 741 g/mol. The Hall–Kier alpha value is -8.14. The fraction of sp³-hybridized carbons (Fsp3) is 0. The SMILES string of the molecule is c1cc(-c2ccc(N(c3ccc4ccccc4c3)c3ccccc3-c3ccccc3-n3c4ccccc4c4ccccc43)cc2)cc(-c2cccc3c2oc2ccccc23)c1. The maximum Gasteiger partial charge on any atom is 0.143 e. The van der Waals surface area contributed by atoms with Crippen molar-refractivity contribution in [3.63, 3.8) is 0 Å². The van der Waals surface area contributed by atoms with E-state index in [1.54, 1.807) is 0 Å². The summed E-state index contributed by atoms with van der Waals surface area (Å²) in [6.07, 6.45) is 0. The van der Waals surface area contributed by atoms with Gasteiger partial charge >= 0.3 is 0 Å². The molecule has 2 aromatic heterocycles. The van der Waals surface area contributed by atoms with Crippen LogP contribution in [-0.4, -0.2) is 4.57 Å². The summed E-state index contributed by atoms with van der Waals surface area (Å²) >= 11 is 0. The van der Waals surface area contributed by atoms with Crippen molar-refractivity contribution in [2.75, 3.05) is 4.90 Å². The van der Waals surface area contributed by atoms with Gasteiger partial charge < -0.3 is 13.9 Å². The van der Waals surface area contributed by atoms with E-state index in [0.717, 1.165) is 78.1 Å². The van der Waals surface area contributed by atoms with Crippen molar-refractivity contribution in [2.24, 2.45) is 0 Å². The summed E-state index contributed by atoms with van der Waals surface area (Å²) in [4.78, 5) is 2.41. The Labute approximate surface area is 353 Å². The fourth-order valence-corrected chi connectivity index (χ4v) is 9.36. The van der Waals surface area contributed by atoms with E-state index in [0.29, 0.717) is 0 Å². The van der Waals surface area contributed by atoms with Gasteiger partial charge in [-0.15, -0.1) is 0 Å². The van der Waals surface area contributed by atoms with Crippen LogP contribution in [0.5, 0.6) is 0 Å². The normalized spacial score (nSPS) is 11.6. The third-order valence-corrected chi connectivity index (χ3v) is 12.2. The van der Waals surface area contributed by atoms with Gasteiger partial charge in [0, 0.05) is 49.6 Å². The van der Waals surface area contributed by atoms with Crippen molar-refractivity contribution >= 4 is 71.6 Å². The number of nitrogens with zero attached hydrogens (tertiary/aromatic N) is 2. The van der Waals surface area contributed by atoms with E-state index >= 15 is 0 Å². The van der Waals surface area contributed by atoms with Crippen LogP contribution in [0.3, 0.4) is 0 Å². The summed E-state index contributed by atoms with van der Waals surface area (Å²) in [5, 5.41) is 7.17. The van der Waals surface area contributed by atoms with Crippen LogP contribution in [0.2, 0.25) is 0 Å². The van der Waals surface area contributed by atoms with Gasteiger partial charge in [-0.2, -0.15) is 0 Å². The summed E-state index contributed by atoms with van der Waals surface area (Å²) < 4.78 is 8.86. The largest absolute Gasteiger partial charge is 0.455 e. The highest BCUT2D eigenvalue weighted by Gasteiger charge is 2.21. The monoisotopic (exact) mass is 778 g/mol. The average molecular weight is 779 g/mol. The zero-order chi connectivity index (χ0) is 40.3. The van der Waals surface area contributed by atoms with Gasteiger partial charge in [-0.05, 0) is 88.1 Å². The summed E-state index contributed by atoms with van der Waals surface area (Å²) in [7, 11) is 0. The average Bonchev–Trinajstić information content (AvgIpc) is 3.88. The van der Waals surface area contributed by atoms with Crippen molar-refractivity contribution < 1.29 is 4.42 Å². The second kappa shape index (κ2) is 14.3. The van der Waals surface area contributed by atoms with Crippen molar-refractivity contribution in [3.05, 3.63) is 231 Å². The number of fused-ring (bicyclic) bond motifs is 7. The molecule has 0 saturated heterocycles. The summed E-state index contributed by atoms with van der Waals surface area (Å²) in [6.45, 7) is 0. The van der Waals surface area contributed by atoms with Gasteiger partial charge in [0.05, 0.1) is 22.4 Å². The van der Waals surface area contributed by atoms with Crippen molar-refractivity contribution in [1.29, 1.82) is 0 Å². The molecule has 3 nitrogen and oxygen atoms in total. The number of rotatable bonds is 7. The van der Waals surface area contributed by atoms with Gasteiger partial charge in [-0.1, -0.05) is 170 Å². The van der Waals surface area contributed by atoms with Crippen LogP contribution in [-0.2, 0) is 0 Å². The van der Waals surface area contributed by atoms with Crippen LogP contribution in [0.15, 0.2) is 235 Å². The maximum atomic E-state index is 6.44. The lowest BCUT2D eigenvalue weighted by Crippen LogP contribution is -2.11. The van der Waals surface area contributed by atoms with E-state index in [1.807, 2.05) is 12.1 Å². The molecule has 12 aromatic rings. The number of furan rings is 1. The molecule has 286 valence electrons. The molecule has 0 bridgehead atoms. The quantitative estimate of drug-likeness (QED) is 0.161. The third kappa shape index (κ3) is 5.82. The Morgan fingerprint density at radius 2 is 0.934 bits per heavy atom. The zero-order valence-electron chi connectivity index (χ0n) is 33.2. The molecule has 0 atom stereocenters. The molecule has 3 heteroatoms. The first-order valence-electron chi connectivity index (χ1n) is 20.8. The standard InChI is InChI=1S/C58H38N2O/c1-2-16-42-38-45(36-33-39(42)15-1)59(44-34-31-40(32-35-44)41-17-13-18-43(37-41)46-24-14-25-52-51-23-7-12-30-57(51)61-58(46)52)53-26-8-3-19-47(53)48-20-4-9-27-54(48)60-55-28-10-5-21-49(55)50-22-6-11-29-56(50)60/h1-38H. The summed E-state index contributed by atoms with van der Waals surface area (Å²) in [5.74, 6) is 0. The minimum absolute atomic E-state index is 0.907. The lowest BCUT2D eigenvalue weighted by atomic mass is 9.97. The molecule has 2 heterocycles. The topological polar surface area (TPSA) is 21.3 Å². The highest BCUT2D eigenvalue weighted by atomic mass is 16.3. The predicted molar refractivity (Wildman–Crippen MR) is 257 cm³/mol. The first kappa shape index (κ1) is 34.9. The van der Waals surface area contributed by atoms with E-state index in [9.17, 15) is 0 Å². The molecule has 0 fully saturated rings. The second-order valence-corrected chi connectivity index (χ2v) is 15.7. The molecule has 0 amide bonds. The molecule has 0 radical (unpaired) electrons. The number of para-hydroxylation sites is 6. The Kier molecular flexibility index (Phi) is 8.17. The van der Waals surface area contributed by atoms with Crippen molar-refractivity contribution in [1.82, 2.24) is 4.57 Å². The summed E-state index contributed by atoms with van der Waals surface area (Å²) in [6, 6.07) is 83.0. The maximum absolute atomic E-state index is 6.44. The second-order valence-electron chi connectivity index (χ2n) is 15.7. The highest BCUT2D eigenvalue weighted by molar-refractivity contribution is 6.11. The van der Waals surface area contributed by atoms with Crippen molar-refractivity contribution in [2.45, 2.75) is 0 Å². The van der Waals surface area contributed by atoms with Crippen LogP contribution >= 0.6 is 0 Å². The Morgan fingerprint density at radius 1 is 0.344 bits per heavy atom. The van der Waals surface area contributed by atoms with Gasteiger partial charge in [-0.25, -0.2) is 0 Å². The molecular formula is C58H38N2O. The molecule has 10 aromatic carbocycles. The number of hydrogen-bond donors (Lipinski definition) is 0. The molecule has 0 unspecified atom stereocenters. The van der Waals surface area contributed by atoms with Gasteiger partial charge in [0.25, 0.3) is 0 Å². The summed E-state index contributed by atoms with van der Waals surface area (Å²) in [5.41, 5.74) is 15.4. The van der Waals surface area contributed by atoms with Crippen LogP contribution in [0.1, 0.15) is 0 Å². The van der Waals surface area contributed by atoms with Crippen LogP contribution in [0, 0.1) is 0 Å². The first-order chi connectivity index (χ1) is 30.3. The number of benzene rings is 10.